The molecule has 0 aliphatic rings. The van der Waals surface area contributed by atoms with Gasteiger partial charge in [0.1, 0.15) is 12.4 Å². The average Bonchev–Trinajstić information content (AvgIpc) is 3.14. The van der Waals surface area contributed by atoms with Crippen LogP contribution in [0.2, 0.25) is 0 Å². The van der Waals surface area contributed by atoms with E-state index >= 15 is 0 Å². The minimum absolute atomic E-state index is 0.520. The molecule has 5 nitrogen and oxygen atoms in total. The highest BCUT2D eigenvalue weighted by Crippen LogP contribution is 2.20. The molecule has 0 amide bonds. The molecule has 22 heavy (non-hydrogen) atoms. The molecular formula is C17H14N4O. The molecule has 2 aromatic heterocycles. The van der Waals surface area contributed by atoms with E-state index in [4.69, 9.17) is 4.42 Å². The van der Waals surface area contributed by atoms with Crippen LogP contribution in [0.4, 0.5) is 0 Å². The lowest BCUT2D eigenvalue weighted by Gasteiger charge is -2.02. The van der Waals surface area contributed by atoms with E-state index < -0.39 is 0 Å². The molecule has 0 atom stereocenters. The summed E-state index contributed by atoms with van der Waals surface area (Å²) in [6.45, 7) is 2.50. The third-order valence-corrected chi connectivity index (χ3v) is 3.63. The van der Waals surface area contributed by atoms with Crippen molar-refractivity contribution in [3.05, 3.63) is 66.3 Å². The first-order valence-electron chi connectivity index (χ1n) is 7.11. The topological polar surface area (TPSA) is 56.7 Å². The van der Waals surface area contributed by atoms with Gasteiger partial charge in [-0.15, -0.1) is 10.2 Å². The maximum Gasteiger partial charge on any atom is 0.247 e. The van der Waals surface area contributed by atoms with Crippen molar-refractivity contribution in [3.63, 3.8) is 0 Å². The van der Waals surface area contributed by atoms with E-state index in [1.54, 1.807) is 0 Å². The molecule has 0 saturated heterocycles. The van der Waals surface area contributed by atoms with Crippen molar-refractivity contribution in [1.29, 1.82) is 0 Å². The molecule has 0 radical (unpaired) electrons. The molecule has 5 heteroatoms. The molecule has 2 heterocycles. The van der Waals surface area contributed by atoms with Gasteiger partial charge in [-0.05, 0) is 31.2 Å². The van der Waals surface area contributed by atoms with E-state index in [2.05, 4.69) is 19.7 Å². The summed E-state index contributed by atoms with van der Waals surface area (Å²) in [6.07, 6.45) is 0. The minimum Gasteiger partial charge on any atom is -0.419 e. The van der Waals surface area contributed by atoms with Gasteiger partial charge in [0.15, 0.2) is 0 Å². The number of aromatic nitrogens is 4. The van der Waals surface area contributed by atoms with Crippen molar-refractivity contribution < 1.29 is 4.42 Å². The normalized spacial score (nSPS) is 11.1. The van der Waals surface area contributed by atoms with Crippen molar-refractivity contribution in [2.75, 3.05) is 0 Å². The van der Waals surface area contributed by atoms with Crippen LogP contribution < -0.4 is 0 Å². The Balaban J connectivity index is 1.69. The summed E-state index contributed by atoms with van der Waals surface area (Å²) in [4.78, 5) is 4.55. The second-order valence-corrected chi connectivity index (χ2v) is 5.10. The third-order valence-electron chi connectivity index (χ3n) is 3.63. The summed E-state index contributed by atoms with van der Waals surface area (Å²) < 4.78 is 7.86. The van der Waals surface area contributed by atoms with Gasteiger partial charge < -0.3 is 8.98 Å². The molecule has 2 aromatic carbocycles. The molecule has 0 aliphatic heterocycles. The van der Waals surface area contributed by atoms with Crippen molar-refractivity contribution in [2.45, 2.75) is 13.5 Å². The number of para-hydroxylation sites is 2. The lowest BCUT2D eigenvalue weighted by Crippen LogP contribution is -2.02. The maximum atomic E-state index is 5.78. The van der Waals surface area contributed by atoms with E-state index in [0.29, 0.717) is 18.3 Å². The fourth-order valence-corrected chi connectivity index (χ4v) is 2.55. The van der Waals surface area contributed by atoms with E-state index in [9.17, 15) is 0 Å². The average molecular weight is 290 g/mol. The summed E-state index contributed by atoms with van der Waals surface area (Å²) in [5, 5.41) is 8.28. The largest absolute Gasteiger partial charge is 0.419 e. The van der Waals surface area contributed by atoms with Gasteiger partial charge in [0.05, 0.1) is 11.0 Å². The first-order chi connectivity index (χ1) is 10.8. The molecule has 0 bridgehead atoms. The first kappa shape index (κ1) is 12.8. The molecular weight excluding hydrogens is 276 g/mol. The van der Waals surface area contributed by atoms with Crippen molar-refractivity contribution in [3.8, 4) is 11.5 Å². The van der Waals surface area contributed by atoms with Gasteiger partial charge in [-0.25, -0.2) is 4.98 Å². The van der Waals surface area contributed by atoms with Crippen molar-refractivity contribution in [1.82, 2.24) is 19.7 Å². The van der Waals surface area contributed by atoms with E-state index in [-0.39, 0.29) is 0 Å². The van der Waals surface area contributed by atoms with Crippen LogP contribution in [0.5, 0.6) is 0 Å². The van der Waals surface area contributed by atoms with Crippen molar-refractivity contribution >= 4 is 11.0 Å². The molecule has 0 aliphatic carbocycles. The summed E-state index contributed by atoms with van der Waals surface area (Å²) in [7, 11) is 0. The number of imidazole rings is 1. The standard InChI is InChI=1S/C17H14N4O/c1-12-18-14-9-5-6-10-15(14)21(12)11-16-19-20-17(22-16)13-7-3-2-4-8-13/h2-10H,11H2,1H3. The quantitative estimate of drug-likeness (QED) is 0.580. The number of aryl methyl sites for hydroxylation is 1. The number of benzene rings is 2. The SMILES string of the molecule is Cc1nc2ccccc2n1Cc1nnc(-c2ccccc2)o1. The maximum absolute atomic E-state index is 5.78. The Morgan fingerprint density at radius 2 is 1.73 bits per heavy atom. The number of hydrogen-bond donors (Lipinski definition) is 0. The Morgan fingerprint density at radius 3 is 2.59 bits per heavy atom. The Kier molecular flexibility index (Phi) is 2.96. The van der Waals surface area contributed by atoms with Crippen LogP contribution >= 0.6 is 0 Å². The van der Waals surface area contributed by atoms with Crippen LogP contribution in [-0.4, -0.2) is 19.7 Å². The van der Waals surface area contributed by atoms with Crippen LogP contribution in [0.15, 0.2) is 59.0 Å². The molecule has 0 spiro atoms. The lowest BCUT2D eigenvalue weighted by molar-refractivity contribution is 0.488. The van der Waals surface area contributed by atoms with E-state index in [1.807, 2.05) is 61.5 Å². The molecule has 0 N–H and O–H groups in total. The Hall–Kier alpha value is -2.95. The monoisotopic (exact) mass is 290 g/mol. The van der Waals surface area contributed by atoms with Crippen LogP contribution in [0.1, 0.15) is 11.7 Å². The van der Waals surface area contributed by atoms with Gasteiger partial charge in [0.25, 0.3) is 0 Å². The van der Waals surface area contributed by atoms with Gasteiger partial charge in [-0.2, -0.15) is 0 Å². The van der Waals surface area contributed by atoms with Crippen LogP contribution in [0.25, 0.3) is 22.5 Å². The highest BCUT2D eigenvalue weighted by molar-refractivity contribution is 5.75. The summed E-state index contributed by atoms with van der Waals surface area (Å²) in [5.41, 5.74) is 2.97. The number of hydrogen-bond acceptors (Lipinski definition) is 4. The Labute approximate surface area is 127 Å². The fraction of sp³-hybridized carbons (Fsp3) is 0.118. The van der Waals surface area contributed by atoms with Gasteiger partial charge >= 0.3 is 0 Å². The van der Waals surface area contributed by atoms with Gasteiger partial charge in [0, 0.05) is 5.56 Å². The Bertz CT molecular complexity index is 924. The molecule has 0 fully saturated rings. The second kappa shape index (κ2) is 5.11. The van der Waals surface area contributed by atoms with Crippen LogP contribution in [0.3, 0.4) is 0 Å². The zero-order valence-electron chi connectivity index (χ0n) is 12.1. The number of rotatable bonds is 3. The number of nitrogens with zero attached hydrogens (tertiary/aromatic N) is 4. The number of fused-ring (bicyclic) bond motifs is 1. The molecule has 0 unspecified atom stereocenters. The van der Waals surface area contributed by atoms with Crippen LogP contribution in [0, 0.1) is 6.92 Å². The van der Waals surface area contributed by atoms with Crippen molar-refractivity contribution in [2.24, 2.45) is 0 Å². The molecule has 4 aromatic rings. The van der Waals surface area contributed by atoms with Gasteiger partial charge in [0.2, 0.25) is 11.8 Å². The molecule has 4 rings (SSSR count). The highest BCUT2D eigenvalue weighted by Gasteiger charge is 2.12. The zero-order chi connectivity index (χ0) is 14.9. The minimum atomic E-state index is 0.520. The third kappa shape index (κ3) is 2.16. The summed E-state index contributed by atoms with van der Waals surface area (Å²) in [6, 6.07) is 17.8. The van der Waals surface area contributed by atoms with Crippen LogP contribution in [-0.2, 0) is 6.54 Å². The Morgan fingerprint density at radius 1 is 0.955 bits per heavy atom. The second-order valence-electron chi connectivity index (χ2n) is 5.10. The van der Waals surface area contributed by atoms with Gasteiger partial charge in [-0.3, -0.25) is 0 Å². The molecule has 108 valence electrons. The fourth-order valence-electron chi connectivity index (χ4n) is 2.55. The summed E-state index contributed by atoms with van der Waals surface area (Å²) >= 11 is 0. The predicted molar refractivity (Wildman–Crippen MR) is 83.3 cm³/mol. The summed E-state index contributed by atoms with van der Waals surface area (Å²) in [5.74, 6) is 2.04. The van der Waals surface area contributed by atoms with Gasteiger partial charge in [-0.1, -0.05) is 30.3 Å². The van der Waals surface area contributed by atoms with E-state index in [1.165, 1.54) is 0 Å². The predicted octanol–water partition coefficient (Wildman–Crippen LogP) is 3.44. The highest BCUT2D eigenvalue weighted by atomic mass is 16.4. The lowest BCUT2D eigenvalue weighted by atomic mass is 10.2. The van der Waals surface area contributed by atoms with E-state index in [0.717, 1.165) is 22.4 Å². The smallest absolute Gasteiger partial charge is 0.247 e. The molecule has 0 saturated carbocycles. The zero-order valence-corrected chi connectivity index (χ0v) is 12.1. The first-order valence-corrected chi connectivity index (χ1v) is 7.11.